The van der Waals surface area contributed by atoms with E-state index in [1.165, 1.54) is 0 Å². The van der Waals surface area contributed by atoms with Gasteiger partial charge in [-0.2, -0.15) is 4.31 Å². The molecule has 1 heterocycles. The summed E-state index contributed by atoms with van der Waals surface area (Å²) in [5.41, 5.74) is 1.86. The highest BCUT2D eigenvalue weighted by Gasteiger charge is 2.25. The van der Waals surface area contributed by atoms with Gasteiger partial charge in [0.2, 0.25) is 10.0 Å². The fourth-order valence-electron chi connectivity index (χ4n) is 3.30. The first kappa shape index (κ1) is 24.9. The molecule has 3 rings (SSSR count). The second-order valence-corrected chi connectivity index (χ2v) is 9.33. The van der Waals surface area contributed by atoms with E-state index in [-0.39, 0.29) is 24.0 Å². The van der Waals surface area contributed by atoms with E-state index in [1.54, 1.807) is 29.6 Å². The van der Waals surface area contributed by atoms with E-state index < -0.39 is 10.0 Å². The van der Waals surface area contributed by atoms with E-state index in [0.29, 0.717) is 42.1 Å². The minimum atomic E-state index is -3.43. The molecule has 0 aromatic heterocycles. The van der Waals surface area contributed by atoms with Crippen LogP contribution in [0.5, 0.6) is 0 Å². The fraction of sp³-hybridized carbons (Fsp3) is 0.381. The molecule has 1 aliphatic rings. The highest BCUT2D eigenvalue weighted by Crippen LogP contribution is 2.21. The Balaban J connectivity index is 0.00000320. The lowest BCUT2D eigenvalue weighted by molar-refractivity contribution is 0.346. The average Bonchev–Trinajstić information content (AvgIpc) is 2.76. The molecule has 0 amide bonds. The number of benzene rings is 2. The van der Waals surface area contributed by atoms with Gasteiger partial charge in [-0.15, -0.1) is 24.0 Å². The summed E-state index contributed by atoms with van der Waals surface area (Å²) in [6.07, 6.45) is 2.94. The van der Waals surface area contributed by atoms with Crippen LogP contribution in [0.4, 0.5) is 0 Å². The second kappa shape index (κ2) is 11.9. The molecule has 2 aromatic carbocycles. The summed E-state index contributed by atoms with van der Waals surface area (Å²) in [4.78, 5) is 4.56. The summed E-state index contributed by atoms with van der Waals surface area (Å²) in [5, 5.41) is 7.14. The maximum absolute atomic E-state index is 12.9. The first-order valence-electron chi connectivity index (χ1n) is 9.78. The van der Waals surface area contributed by atoms with Gasteiger partial charge in [-0.1, -0.05) is 48.4 Å². The summed E-state index contributed by atoms with van der Waals surface area (Å²) in [6, 6.07) is 14.7. The predicted octanol–water partition coefficient (Wildman–Crippen LogP) is 4.00. The minimum Gasteiger partial charge on any atom is -0.352 e. The lowest BCUT2D eigenvalue weighted by Gasteiger charge is -2.26. The van der Waals surface area contributed by atoms with Gasteiger partial charge in [0, 0.05) is 38.2 Å². The van der Waals surface area contributed by atoms with Crippen molar-refractivity contribution in [2.75, 3.05) is 20.1 Å². The third-order valence-corrected chi connectivity index (χ3v) is 7.20. The summed E-state index contributed by atoms with van der Waals surface area (Å²) in [7, 11) is -1.74. The van der Waals surface area contributed by atoms with Gasteiger partial charge in [0.1, 0.15) is 0 Å². The van der Waals surface area contributed by atoms with Crippen molar-refractivity contribution in [2.24, 2.45) is 4.99 Å². The standard InChI is InChI=1S/C21H27ClN4O2S.HI/c1-23-21(25-16-18-9-3-4-11-20(18)22)24-15-17-8-7-10-19(14-17)29(27,28)26-12-5-2-6-13-26;/h3-4,7-11,14H,2,5-6,12-13,15-16H2,1H3,(H2,23,24,25);1H. The van der Waals surface area contributed by atoms with Crippen molar-refractivity contribution in [3.05, 3.63) is 64.7 Å². The van der Waals surface area contributed by atoms with Crippen molar-refractivity contribution in [1.82, 2.24) is 14.9 Å². The molecule has 6 nitrogen and oxygen atoms in total. The summed E-state index contributed by atoms with van der Waals surface area (Å²) in [6.45, 7) is 2.21. The Kier molecular flexibility index (Phi) is 9.86. The van der Waals surface area contributed by atoms with Crippen LogP contribution < -0.4 is 10.6 Å². The Morgan fingerprint density at radius 1 is 1.03 bits per heavy atom. The van der Waals surface area contributed by atoms with Crippen LogP contribution in [0.3, 0.4) is 0 Å². The fourth-order valence-corrected chi connectivity index (χ4v) is 5.09. The topological polar surface area (TPSA) is 73.8 Å². The Morgan fingerprint density at radius 2 is 1.73 bits per heavy atom. The number of nitrogens with one attached hydrogen (secondary N) is 2. The molecule has 1 fully saturated rings. The van der Waals surface area contributed by atoms with E-state index >= 15 is 0 Å². The van der Waals surface area contributed by atoms with E-state index in [9.17, 15) is 8.42 Å². The number of hydrogen-bond donors (Lipinski definition) is 2. The lowest BCUT2D eigenvalue weighted by Crippen LogP contribution is -2.37. The minimum absolute atomic E-state index is 0. The average molecular weight is 563 g/mol. The van der Waals surface area contributed by atoms with Crippen molar-refractivity contribution in [1.29, 1.82) is 0 Å². The third-order valence-electron chi connectivity index (χ3n) is 4.94. The van der Waals surface area contributed by atoms with Gasteiger partial charge in [0.15, 0.2) is 5.96 Å². The molecule has 2 N–H and O–H groups in total. The van der Waals surface area contributed by atoms with Crippen LogP contribution in [0.1, 0.15) is 30.4 Å². The zero-order valence-corrected chi connectivity index (χ0v) is 20.9. The molecule has 0 radical (unpaired) electrons. The molecule has 0 aliphatic carbocycles. The van der Waals surface area contributed by atoms with Crippen molar-refractivity contribution in [3.8, 4) is 0 Å². The first-order chi connectivity index (χ1) is 14.0. The van der Waals surface area contributed by atoms with Gasteiger partial charge in [-0.05, 0) is 42.2 Å². The SMILES string of the molecule is CN=C(NCc1cccc(S(=O)(=O)N2CCCCC2)c1)NCc1ccccc1Cl.I. The monoisotopic (exact) mass is 562 g/mol. The highest BCUT2D eigenvalue weighted by molar-refractivity contribution is 14.0. The van der Waals surface area contributed by atoms with Crippen molar-refractivity contribution in [2.45, 2.75) is 37.2 Å². The molecule has 1 aliphatic heterocycles. The molecular weight excluding hydrogens is 535 g/mol. The molecule has 164 valence electrons. The summed E-state index contributed by atoms with van der Waals surface area (Å²) in [5.74, 6) is 0.620. The van der Waals surface area contributed by atoms with Crippen molar-refractivity contribution < 1.29 is 8.42 Å². The highest BCUT2D eigenvalue weighted by atomic mass is 127. The molecule has 2 aromatic rings. The molecule has 0 spiro atoms. The zero-order valence-electron chi connectivity index (χ0n) is 17.0. The second-order valence-electron chi connectivity index (χ2n) is 6.98. The van der Waals surface area contributed by atoms with E-state index in [2.05, 4.69) is 15.6 Å². The lowest BCUT2D eigenvalue weighted by atomic mass is 10.2. The van der Waals surface area contributed by atoms with Crippen LogP contribution in [0.15, 0.2) is 58.4 Å². The van der Waals surface area contributed by atoms with E-state index in [0.717, 1.165) is 30.4 Å². The zero-order chi connectivity index (χ0) is 20.7. The summed E-state index contributed by atoms with van der Waals surface area (Å²) >= 11 is 6.19. The van der Waals surface area contributed by atoms with Crippen molar-refractivity contribution in [3.63, 3.8) is 0 Å². The predicted molar refractivity (Wildman–Crippen MR) is 133 cm³/mol. The quantitative estimate of drug-likeness (QED) is 0.317. The molecule has 0 atom stereocenters. The molecule has 30 heavy (non-hydrogen) atoms. The molecular formula is C21H28ClIN4O2S. The number of rotatable bonds is 6. The molecule has 1 saturated heterocycles. The third kappa shape index (κ3) is 6.57. The molecule has 9 heteroatoms. The van der Waals surface area contributed by atoms with Crippen molar-refractivity contribution >= 4 is 51.6 Å². The van der Waals surface area contributed by atoms with Crippen LogP contribution in [0.25, 0.3) is 0 Å². The van der Waals surface area contributed by atoms with Gasteiger partial charge >= 0.3 is 0 Å². The smallest absolute Gasteiger partial charge is 0.243 e. The van der Waals surface area contributed by atoms with E-state index in [4.69, 9.17) is 11.6 Å². The van der Waals surface area contributed by atoms with Crippen LogP contribution in [0, 0.1) is 0 Å². The number of piperidine rings is 1. The van der Waals surface area contributed by atoms with Gasteiger partial charge < -0.3 is 10.6 Å². The Labute approximate surface area is 201 Å². The van der Waals surface area contributed by atoms with Crippen LogP contribution in [-0.2, 0) is 23.1 Å². The number of nitrogens with zero attached hydrogens (tertiary/aromatic N) is 2. The van der Waals surface area contributed by atoms with Gasteiger partial charge in [0.25, 0.3) is 0 Å². The van der Waals surface area contributed by atoms with Crippen LogP contribution >= 0.6 is 35.6 Å². The maximum atomic E-state index is 12.9. The largest absolute Gasteiger partial charge is 0.352 e. The summed E-state index contributed by atoms with van der Waals surface area (Å²) < 4.78 is 27.4. The number of halogens is 2. The number of aliphatic imine (C=N–C) groups is 1. The number of hydrogen-bond acceptors (Lipinski definition) is 3. The van der Waals surface area contributed by atoms with Gasteiger partial charge in [-0.3, -0.25) is 4.99 Å². The Bertz CT molecular complexity index is 963. The van der Waals surface area contributed by atoms with E-state index in [1.807, 2.05) is 30.3 Å². The Hall–Kier alpha value is -1.36. The normalized spacial score (nSPS) is 15.3. The Morgan fingerprint density at radius 3 is 2.43 bits per heavy atom. The molecule has 0 saturated carbocycles. The van der Waals surface area contributed by atoms with Gasteiger partial charge in [-0.25, -0.2) is 8.42 Å². The number of guanidine groups is 1. The first-order valence-corrected chi connectivity index (χ1v) is 11.6. The van der Waals surface area contributed by atoms with Crippen LogP contribution in [0.2, 0.25) is 5.02 Å². The molecule has 0 bridgehead atoms. The van der Waals surface area contributed by atoms with Gasteiger partial charge in [0.05, 0.1) is 4.90 Å². The molecule has 0 unspecified atom stereocenters. The van der Waals surface area contributed by atoms with Crippen LogP contribution in [-0.4, -0.2) is 38.8 Å². The number of sulfonamides is 1. The maximum Gasteiger partial charge on any atom is 0.243 e.